The number of amides is 2. The highest BCUT2D eigenvalue weighted by molar-refractivity contribution is 5.89. The van der Waals surface area contributed by atoms with Crippen molar-refractivity contribution in [2.24, 2.45) is 0 Å². The van der Waals surface area contributed by atoms with Crippen LogP contribution in [0.2, 0.25) is 0 Å². The number of nitrogens with one attached hydrogen (secondary N) is 3. The van der Waals surface area contributed by atoms with E-state index in [1.54, 1.807) is 0 Å². The van der Waals surface area contributed by atoms with Gasteiger partial charge in [0.1, 0.15) is 0 Å². The normalized spacial score (nSPS) is 17.3. The van der Waals surface area contributed by atoms with Crippen LogP contribution in [-0.4, -0.2) is 40.3 Å². The third-order valence-corrected chi connectivity index (χ3v) is 4.82. The van der Waals surface area contributed by atoms with E-state index in [-0.39, 0.29) is 12.1 Å². The van der Waals surface area contributed by atoms with Crippen LogP contribution in [0.1, 0.15) is 18.4 Å². The number of hydrogen-bond acceptors (Lipinski definition) is 3. The molecule has 0 aliphatic carbocycles. The summed E-state index contributed by atoms with van der Waals surface area (Å²) in [5.41, 5.74) is 4.10. The van der Waals surface area contributed by atoms with Gasteiger partial charge in [0.2, 0.25) is 0 Å². The first kappa shape index (κ1) is 16.4. The largest absolute Gasteiger partial charge is 0.381 e. The molecule has 1 fully saturated rings. The van der Waals surface area contributed by atoms with Crippen LogP contribution in [0.3, 0.4) is 0 Å². The number of carbonyl (C=O) groups excluding carboxylic acids is 1. The molecule has 6 nitrogen and oxygen atoms in total. The molecular weight excluding hydrogens is 326 g/mol. The minimum absolute atomic E-state index is 0.0364. The number of aromatic amines is 1. The first-order valence-electron chi connectivity index (χ1n) is 9.00. The minimum atomic E-state index is -0.0364. The Hall–Kier alpha value is -3.02. The fourth-order valence-corrected chi connectivity index (χ4v) is 3.39. The molecule has 134 valence electrons. The molecule has 2 amide bonds. The van der Waals surface area contributed by atoms with Crippen molar-refractivity contribution >= 4 is 28.3 Å². The Morgan fingerprint density at radius 3 is 2.85 bits per heavy atom. The average molecular weight is 349 g/mol. The van der Waals surface area contributed by atoms with Crippen molar-refractivity contribution in [1.29, 1.82) is 0 Å². The van der Waals surface area contributed by atoms with E-state index in [1.165, 1.54) is 5.56 Å². The highest BCUT2D eigenvalue weighted by atomic mass is 16.2. The molecule has 1 aliphatic rings. The Labute approximate surface area is 152 Å². The lowest BCUT2D eigenvalue weighted by Gasteiger charge is -2.33. The number of rotatable bonds is 3. The quantitative estimate of drug-likeness (QED) is 0.670. The number of benzene rings is 2. The van der Waals surface area contributed by atoms with Gasteiger partial charge in [0.25, 0.3) is 0 Å². The Morgan fingerprint density at radius 1 is 1.19 bits per heavy atom. The first-order valence-corrected chi connectivity index (χ1v) is 9.00. The summed E-state index contributed by atoms with van der Waals surface area (Å²) in [6.45, 7) is 3.52. The number of piperidine rings is 1. The van der Waals surface area contributed by atoms with Gasteiger partial charge in [-0.25, -0.2) is 4.79 Å². The van der Waals surface area contributed by atoms with E-state index >= 15 is 0 Å². The van der Waals surface area contributed by atoms with Crippen LogP contribution in [0.15, 0.2) is 48.7 Å². The van der Waals surface area contributed by atoms with Crippen LogP contribution in [0, 0.1) is 6.92 Å². The molecule has 3 N–H and O–H groups in total. The van der Waals surface area contributed by atoms with Crippen LogP contribution in [0.4, 0.5) is 16.2 Å². The highest BCUT2D eigenvalue weighted by Crippen LogP contribution is 2.21. The number of H-pyrrole nitrogens is 1. The van der Waals surface area contributed by atoms with Crippen LogP contribution in [-0.2, 0) is 0 Å². The zero-order valence-corrected chi connectivity index (χ0v) is 14.8. The summed E-state index contributed by atoms with van der Waals surface area (Å²) in [7, 11) is 0. The van der Waals surface area contributed by atoms with Crippen LogP contribution >= 0.6 is 0 Å². The molecule has 6 heteroatoms. The molecule has 1 aliphatic heterocycles. The number of urea groups is 1. The fourth-order valence-electron chi connectivity index (χ4n) is 3.39. The second-order valence-corrected chi connectivity index (χ2v) is 6.90. The van der Waals surface area contributed by atoms with Crippen molar-refractivity contribution in [3.05, 3.63) is 54.2 Å². The molecule has 0 radical (unpaired) electrons. The van der Waals surface area contributed by atoms with Crippen molar-refractivity contribution in [2.75, 3.05) is 23.7 Å². The summed E-state index contributed by atoms with van der Waals surface area (Å²) >= 11 is 0. The Bertz CT molecular complexity index is 902. The summed E-state index contributed by atoms with van der Waals surface area (Å²) in [5, 5.41) is 14.6. The van der Waals surface area contributed by atoms with E-state index < -0.39 is 0 Å². The number of anilines is 2. The molecule has 4 rings (SSSR count). The molecule has 0 spiro atoms. The molecular formula is C20H23N5O. The Morgan fingerprint density at radius 2 is 2.00 bits per heavy atom. The van der Waals surface area contributed by atoms with Gasteiger partial charge in [-0.2, -0.15) is 5.10 Å². The van der Waals surface area contributed by atoms with E-state index in [0.29, 0.717) is 6.54 Å². The maximum Gasteiger partial charge on any atom is 0.321 e. The van der Waals surface area contributed by atoms with Crippen molar-refractivity contribution in [3.63, 3.8) is 0 Å². The van der Waals surface area contributed by atoms with Crippen molar-refractivity contribution < 1.29 is 4.79 Å². The number of carbonyl (C=O) groups is 1. The Balaban J connectivity index is 1.38. The number of nitrogens with zero attached hydrogens (tertiary/aromatic N) is 2. The average Bonchev–Trinajstić information content (AvgIpc) is 3.12. The summed E-state index contributed by atoms with van der Waals surface area (Å²) in [6.07, 6.45) is 3.87. The second-order valence-electron chi connectivity index (χ2n) is 6.90. The SMILES string of the molecule is Cc1ccc(NC(=O)N2CCCC(Nc3ccc4[nH]ncc4c3)C2)cc1. The number of likely N-dealkylation sites (tertiary alicyclic amines) is 1. The molecule has 2 aromatic carbocycles. The fraction of sp³-hybridized carbons (Fsp3) is 0.300. The number of aromatic nitrogens is 2. The van der Waals surface area contributed by atoms with Gasteiger partial charge in [0, 0.05) is 35.9 Å². The van der Waals surface area contributed by atoms with Gasteiger partial charge in [0.15, 0.2) is 0 Å². The summed E-state index contributed by atoms with van der Waals surface area (Å²) in [4.78, 5) is 14.5. The maximum absolute atomic E-state index is 12.6. The van der Waals surface area contributed by atoms with Crippen molar-refractivity contribution in [2.45, 2.75) is 25.8 Å². The summed E-state index contributed by atoms with van der Waals surface area (Å²) in [6, 6.07) is 14.2. The molecule has 1 unspecified atom stereocenters. The Kier molecular flexibility index (Phi) is 4.48. The van der Waals surface area contributed by atoms with Gasteiger partial charge in [-0.3, -0.25) is 5.10 Å². The van der Waals surface area contributed by atoms with Crippen molar-refractivity contribution in [1.82, 2.24) is 15.1 Å². The molecule has 1 atom stereocenters. The summed E-state index contributed by atoms with van der Waals surface area (Å²) in [5.74, 6) is 0. The standard InChI is InChI=1S/C20H23N5O/c1-14-4-6-16(7-5-14)23-20(26)25-10-2-3-18(13-25)22-17-8-9-19-15(11-17)12-21-24-19/h4-9,11-12,18,22H,2-3,10,13H2,1H3,(H,21,24)(H,23,26). The van der Waals surface area contributed by atoms with Gasteiger partial charge in [0.05, 0.1) is 11.7 Å². The van der Waals surface area contributed by atoms with E-state index in [4.69, 9.17) is 0 Å². The molecule has 26 heavy (non-hydrogen) atoms. The van der Waals surface area contributed by atoms with E-state index in [0.717, 1.165) is 41.7 Å². The van der Waals surface area contributed by atoms with Gasteiger partial charge in [-0.1, -0.05) is 17.7 Å². The number of aryl methyl sites for hydroxylation is 1. The lowest BCUT2D eigenvalue weighted by atomic mass is 10.1. The molecule has 1 aromatic heterocycles. The number of hydrogen-bond donors (Lipinski definition) is 3. The second kappa shape index (κ2) is 7.07. The van der Waals surface area contributed by atoms with E-state index in [2.05, 4.69) is 26.9 Å². The van der Waals surface area contributed by atoms with Gasteiger partial charge in [-0.15, -0.1) is 0 Å². The van der Waals surface area contributed by atoms with Crippen LogP contribution < -0.4 is 10.6 Å². The van der Waals surface area contributed by atoms with Gasteiger partial charge in [-0.05, 0) is 50.1 Å². The van der Waals surface area contributed by atoms with E-state index in [9.17, 15) is 4.79 Å². The zero-order chi connectivity index (χ0) is 17.9. The molecule has 0 bridgehead atoms. The highest BCUT2D eigenvalue weighted by Gasteiger charge is 2.23. The predicted molar refractivity (Wildman–Crippen MR) is 105 cm³/mol. The smallest absolute Gasteiger partial charge is 0.321 e. The number of fused-ring (bicyclic) bond motifs is 1. The first-order chi connectivity index (χ1) is 12.7. The minimum Gasteiger partial charge on any atom is -0.381 e. The monoisotopic (exact) mass is 349 g/mol. The van der Waals surface area contributed by atoms with Gasteiger partial charge < -0.3 is 15.5 Å². The lowest BCUT2D eigenvalue weighted by Crippen LogP contribution is -2.46. The van der Waals surface area contributed by atoms with Crippen molar-refractivity contribution in [3.8, 4) is 0 Å². The topological polar surface area (TPSA) is 73.1 Å². The maximum atomic E-state index is 12.6. The third-order valence-electron chi connectivity index (χ3n) is 4.82. The van der Waals surface area contributed by atoms with E-state index in [1.807, 2.05) is 54.4 Å². The molecule has 1 saturated heterocycles. The lowest BCUT2D eigenvalue weighted by molar-refractivity contribution is 0.196. The van der Waals surface area contributed by atoms with Gasteiger partial charge >= 0.3 is 6.03 Å². The molecule has 0 saturated carbocycles. The van der Waals surface area contributed by atoms with Crippen LogP contribution in [0.5, 0.6) is 0 Å². The third kappa shape index (κ3) is 3.64. The summed E-state index contributed by atoms with van der Waals surface area (Å²) < 4.78 is 0. The molecule has 2 heterocycles. The molecule has 3 aromatic rings. The van der Waals surface area contributed by atoms with Crippen LogP contribution in [0.25, 0.3) is 10.9 Å². The zero-order valence-electron chi connectivity index (χ0n) is 14.8. The predicted octanol–water partition coefficient (Wildman–Crippen LogP) is 3.98.